The van der Waals surface area contributed by atoms with E-state index in [1.165, 1.54) is 17.7 Å². The third-order valence-corrected chi connectivity index (χ3v) is 4.02. The predicted molar refractivity (Wildman–Crippen MR) is 92.4 cm³/mol. The Morgan fingerprint density at radius 2 is 1.75 bits per heavy atom. The molecule has 1 aromatic carbocycles. The molecule has 0 spiro atoms. The zero-order valence-corrected chi connectivity index (χ0v) is 13.9. The van der Waals surface area contributed by atoms with Crippen molar-refractivity contribution in [2.24, 2.45) is 7.05 Å². The molecule has 7 nitrogen and oxygen atoms in total. The maximum absolute atomic E-state index is 11.0. The Hall–Kier alpha value is -3.09. The number of anilines is 1. The normalized spacial score (nSPS) is 10.8. The molecule has 0 aliphatic carbocycles. The molecule has 2 aromatic heterocycles. The van der Waals surface area contributed by atoms with Crippen molar-refractivity contribution in [3.8, 4) is 5.69 Å². The van der Waals surface area contributed by atoms with Gasteiger partial charge in [-0.1, -0.05) is 12.1 Å². The maximum atomic E-state index is 11.0. The minimum Gasteiger partial charge on any atom is -0.360 e. The molecule has 7 heteroatoms. The number of nitro groups is 1. The molecule has 0 saturated heterocycles. The molecule has 3 aromatic rings. The molecule has 3 rings (SSSR count). The lowest BCUT2D eigenvalue weighted by Gasteiger charge is -2.11. The van der Waals surface area contributed by atoms with E-state index >= 15 is 0 Å². The molecule has 0 fully saturated rings. The van der Waals surface area contributed by atoms with Gasteiger partial charge in [-0.25, -0.2) is 0 Å². The molecular weight excluding hydrogens is 306 g/mol. The van der Waals surface area contributed by atoms with Crippen molar-refractivity contribution < 1.29 is 4.92 Å². The fraction of sp³-hybridized carbons (Fsp3) is 0.235. The van der Waals surface area contributed by atoms with Gasteiger partial charge in [0.1, 0.15) is 0 Å². The van der Waals surface area contributed by atoms with Crippen molar-refractivity contribution in [3.05, 3.63) is 69.8 Å². The van der Waals surface area contributed by atoms with Crippen LogP contribution in [0, 0.1) is 24.0 Å². The van der Waals surface area contributed by atoms with Crippen LogP contribution in [0.25, 0.3) is 5.69 Å². The number of aromatic nitrogens is 3. The van der Waals surface area contributed by atoms with Gasteiger partial charge in [-0.3, -0.25) is 4.57 Å². The van der Waals surface area contributed by atoms with Crippen molar-refractivity contribution in [3.63, 3.8) is 0 Å². The van der Waals surface area contributed by atoms with Crippen molar-refractivity contribution in [2.45, 2.75) is 20.4 Å². The molecule has 0 radical (unpaired) electrons. The van der Waals surface area contributed by atoms with Crippen LogP contribution in [0.4, 0.5) is 11.6 Å². The molecule has 124 valence electrons. The van der Waals surface area contributed by atoms with Crippen molar-refractivity contribution in [1.29, 1.82) is 0 Å². The predicted octanol–water partition coefficient (Wildman–Crippen LogP) is 3.35. The van der Waals surface area contributed by atoms with E-state index in [1.54, 1.807) is 11.6 Å². The van der Waals surface area contributed by atoms with E-state index in [0.717, 1.165) is 11.3 Å². The summed E-state index contributed by atoms with van der Waals surface area (Å²) in [6.07, 6.45) is 1.43. The van der Waals surface area contributed by atoms with Gasteiger partial charge in [0.2, 0.25) is 12.1 Å². The fourth-order valence-electron chi connectivity index (χ4n) is 2.78. The zero-order valence-electron chi connectivity index (χ0n) is 13.9. The van der Waals surface area contributed by atoms with E-state index in [1.807, 2.05) is 12.1 Å². The van der Waals surface area contributed by atoms with Crippen LogP contribution in [-0.4, -0.2) is 19.0 Å². The molecular formula is C17H19N5O2. The van der Waals surface area contributed by atoms with Crippen LogP contribution in [0.1, 0.15) is 17.0 Å². The van der Waals surface area contributed by atoms with Crippen molar-refractivity contribution >= 4 is 11.6 Å². The minimum atomic E-state index is -0.483. The summed E-state index contributed by atoms with van der Waals surface area (Å²) in [5.41, 5.74) is 4.51. The third kappa shape index (κ3) is 2.88. The second-order valence-corrected chi connectivity index (χ2v) is 5.76. The number of hydrogen-bond acceptors (Lipinski definition) is 4. The number of rotatable bonds is 5. The number of benzene rings is 1. The molecule has 0 unspecified atom stereocenters. The van der Waals surface area contributed by atoms with Crippen LogP contribution in [0.2, 0.25) is 0 Å². The highest BCUT2D eigenvalue weighted by Crippen LogP contribution is 2.22. The van der Waals surface area contributed by atoms with Gasteiger partial charge in [-0.05, 0) is 53.6 Å². The van der Waals surface area contributed by atoms with E-state index in [-0.39, 0.29) is 5.82 Å². The Labute approximate surface area is 139 Å². The van der Waals surface area contributed by atoms with Gasteiger partial charge in [0.05, 0.1) is 0 Å². The van der Waals surface area contributed by atoms with Gasteiger partial charge in [0.15, 0.2) is 0 Å². The lowest BCUT2D eigenvalue weighted by atomic mass is 10.2. The first kappa shape index (κ1) is 15.8. The van der Waals surface area contributed by atoms with Gasteiger partial charge in [0, 0.05) is 30.7 Å². The average Bonchev–Trinajstić information content (AvgIpc) is 3.09. The molecule has 2 heterocycles. The first-order valence-electron chi connectivity index (χ1n) is 7.61. The topological polar surface area (TPSA) is 77.9 Å². The summed E-state index contributed by atoms with van der Waals surface area (Å²) in [4.78, 5) is 14.3. The summed E-state index contributed by atoms with van der Waals surface area (Å²) in [5, 5.41) is 14.1. The van der Waals surface area contributed by atoms with E-state index in [2.05, 4.69) is 53.0 Å². The third-order valence-electron chi connectivity index (χ3n) is 4.02. The molecule has 0 amide bonds. The van der Waals surface area contributed by atoms with E-state index in [9.17, 15) is 10.1 Å². The Morgan fingerprint density at radius 3 is 2.33 bits per heavy atom. The summed E-state index contributed by atoms with van der Waals surface area (Å²) < 4.78 is 3.79. The van der Waals surface area contributed by atoms with Gasteiger partial charge < -0.3 is 20.0 Å². The SMILES string of the molecule is Cc1ccc(C)n1-c1ccc(CNc2c([N+](=O)[O-])ncn2C)cc1. The first-order chi connectivity index (χ1) is 11.5. The highest BCUT2D eigenvalue weighted by molar-refractivity contribution is 5.52. The molecule has 0 bridgehead atoms. The van der Waals surface area contributed by atoms with Gasteiger partial charge in [-0.2, -0.15) is 0 Å². The fourth-order valence-corrected chi connectivity index (χ4v) is 2.78. The average molecular weight is 325 g/mol. The Kier molecular flexibility index (Phi) is 4.07. The molecule has 1 N–H and O–H groups in total. The molecule has 0 atom stereocenters. The molecule has 0 aliphatic rings. The Morgan fingerprint density at radius 1 is 1.12 bits per heavy atom. The Balaban J connectivity index is 1.76. The molecule has 24 heavy (non-hydrogen) atoms. The molecule has 0 saturated carbocycles. The van der Waals surface area contributed by atoms with Crippen LogP contribution in [0.3, 0.4) is 0 Å². The summed E-state index contributed by atoms with van der Waals surface area (Å²) in [7, 11) is 1.73. The largest absolute Gasteiger partial charge is 0.406 e. The number of nitrogens with zero attached hydrogens (tertiary/aromatic N) is 4. The van der Waals surface area contributed by atoms with E-state index in [4.69, 9.17) is 0 Å². The number of hydrogen-bond donors (Lipinski definition) is 1. The second kappa shape index (κ2) is 6.19. The first-order valence-corrected chi connectivity index (χ1v) is 7.61. The monoisotopic (exact) mass is 325 g/mol. The summed E-state index contributed by atoms with van der Waals surface area (Å²) in [5.74, 6) is 0.244. The summed E-state index contributed by atoms with van der Waals surface area (Å²) in [6.45, 7) is 4.64. The van der Waals surface area contributed by atoms with Gasteiger partial charge >= 0.3 is 5.82 Å². The minimum absolute atomic E-state index is 0.160. The highest BCUT2D eigenvalue weighted by Gasteiger charge is 2.19. The molecule has 0 aliphatic heterocycles. The highest BCUT2D eigenvalue weighted by atomic mass is 16.6. The van der Waals surface area contributed by atoms with Crippen LogP contribution in [0.5, 0.6) is 0 Å². The summed E-state index contributed by atoms with van der Waals surface area (Å²) >= 11 is 0. The lowest BCUT2D eigenvalue weighted by molar-refractivity contribution is -0.388. The second-order valence-electron chi connectivity index (χ2n) is 5.76. The lowest BCUT2D eigenvalue weighted by Crippen LogP contribution is -2.06. The van der Waals surface area contributed by atoms with Crippen LogP contribution < -0.4 is 5.32 Å². The van der Waals surface area contributed by atoms with E-state index in [0.29, 0.717) is 12.4 Å². The van der Waals surface area contributed by atoms with Gasteiger partial charge in [-0.15, -0.1) is 0 Å². The smallest absolute Gasteiger partial charge is 0.360 e. The number of aryl methyl sites for hydroxylation is 3. The maximum Gasteiger partial charge on any atom is 0.406 e. The van der Waals surface area contributed by atoms with Crippen LogP contribution >= 0.6 is 0 Å². The quantitative estimate of drug-likeness (QED) is 0.576. The standard InChI is InChI=1S/C17H19N5O2/c1-12-4-5-13(2)21(12)15-8-6-14(7-9-15)10-18-16-17(22(23)24)19-11-20(16)3/h4-9,11,18H,10H2,1-3H3. The van der Waals surface area contributed by atoms with E-state index < -0.39 is 4.92 Å². The Bertz CT molecular complexity index is 858. The van der Waals surface area contributed by atoms with Crippen LogP contribution in [-0.2, 0) is 13.6 Å². The van der Waals surface area contributed by atoms with Crippen molar-refractivity contribution in [1.82, 2.24) is 14.1 Å². The van der Waals surface area contributed by atoms with Crippen LogP contribution in [0.15, 0.2) is 42.7 Å². The number of imidazole rings is 1. The van der Waals surface area contributed by atoms with Crippen molar-refractivity contribution in [2.75, 3.05) is 5.32 Å². The summed E-state index contributed by atoms with van der Waals surface area (Å²) in [6, 6.07) is 12.3. The van der Waals surface area contributed by atoms with Gasteiger partial charge in [0.25, 0.3) is 0 Å². The number of nitrogens with one attached hydrogen (secondary N) is 1. The zero-order chi connectivity index (χ0) is 17.3.